The van der Waals surface area contributed by atoms with Crippen molar-refractivity contribution in [3.05, 3.63) is 0 Å². The first-order chi connectivity index (χ1) is 6.16. The van der Waals surface area contributed by atoms with Crippen molar-refractivity contribution in [1.29, 1.82) is 0 Å². The van der Waals surface area contributed by atoms with Gasteiger partial charge in [0.1, 0.15) is 0 Å². The molecule has 3 heteroatoms. The normalized spacial score (nSPS) is 42.3. The first-order valence-corrected chi connectivity index (χ1v) is 4.95. The molecule has 1 saturated carbocycles. The van der Waals surface area contributed by atoms with E-state index < -0.39 is 0 Å². The summed E-state index contributed by atoms with van der Waals surface area (Å²) in [6.45, 7) is 4.25. The van der Waals surface area contributed by atoms with Crippen LogP contribution in [0.1, 0.15) is 26.7 Å². The van der Waals surface area contributed by atoms with Gasteiger partial charge in [-0.1, -0.05) is 6.92 Å². The maximum absolute atomic E-state index is 10.6. The Bertz CT molecular complexity index is 214. The molecule has 1 saturated heterocycles. The molecule has 0 amide bonds. The minimum absolute atomic E-state index is 0.175. The molecule has 0 radical (unpaired) electrons. The molecule has 0 spiro atoms. The molecular formula is C10H16O3. The van der Waals surface area contributed by atoms with Crippen molar-refractivity contribution in [1.82, 2.24) is 0 Å². The molecule has 2 rings (SSSR count). The second kappa shape index (κ2) is 3.29. The van der Waals surface area contributed by atoms with Crippen LogP contribution in [-0.2, 0) is 14.3 Å². The lowest BCUT2D eigenvalue weighted by Gasteiger charge is -2.25. The first kappa shape index (κ1) is 9.00. The zero-order valence-electron chi connectivity index (χ0n) is 8.16. The van der Waals surface area contributed by atoms with Gasteiger partial charge in [-0.2, -0.15) is 0 Å². The van der Waals surface area contributed by atoms with Crippen LogP contribution in [0.25, 0.3) is 0 Å². The molecule has 1 aliphatic heterocycles. The van der Waals surface area contributed by atoms with E-state index in [1.165, 1.54) is 6.92 Å². The highest BCUT2D eigenvalue weighted by Gasteiger charge is 2.46. The molecule has 0 N–H and O–H groups in total. The number of hydrogen-bond donors (Lipinski definition) is 0. The summed E-state index contributed by atoms with van der Waals surface area (Å²) < 4.78 is 10.5. The van der Waals surface area contributed by atoms with E-state index in [0.717, 1.165) is 12.8 Å². The molecule has 3 nitrogen and oxygen atoms in total. The van der Waals surface area contributed by atoms with Crippen molar-refractivity contribution in [2.24, 2.45) is 11.8 Å². The standard InChI is InChI=1S/C10H16O3/c1-6-3-9-10(13-9)4-8(6)5-12-7(2)11/h6,8-10H,3-5H2,1-2H3/t6-,8+,9+,10+/m1/s1. The van der Waals surface area contributed by atoms with E-state index in [9.17, 15) is 4.79 Å². The molecule has 74 valence electrons. The zero-order chi connectivity index (χ0) is 9.42. The number of fused-ring (bicyclic) bond motifs is 1. The van der Waals surface area contributed by atoms with Crippen LogP contribution in [0.3, 0.4) is 0 Å². The average Bonchev–Trinajstić information content (AvgIpc) is 2.77. The van der Waals surface area contributed by atoms with Gasteiger partial charge in [0.25, 0.3) is 0 Å². The Kier molecular flexibility index (Phi) is 2.28. The zero-order valence-corrected chi connectivity index (χ0v) is 8.16. The molecule has 0 unspecified atom stereocenters. The fourth-order valence-electron chi connectivity index (χ4n) is 2.14. The number of epoxide rings is 1. The smallest absolute Gasteiger partial charge is 0.302 e. The molecule has 0 bridgehead atoms. The van der Waals surface area contributed by atoms with Gasteiger partial charge in [-0.25, -0.2) is 0 Å². The fourth-order valence-corrected chi connectivity index (χ4v) is 2.14. The maximum atomic E-state index is 10.6. The third kappa shape index (κ3) is 2.02. The van der Waals surface area contributed by atoms with Crippen LogP contribution >= 0.6 is 0 Å². The van der Waals surface area contributed by atoms with Crippen LogP contribution < -0.4 is 0 Å². The number of rotatable bonds is 2. The van der Waals surface area contributed by atoms with Gasteiger partial charge in [0.2, 0.25) is 0 Å². The van der Waals surface area contributed by atoms with Gasteiger partial charge < -0.3 is 9.47 Å². The molecule has 0 aromatic heterocycles. The Morgan fingerprint density at radius 1 is 1.46 bits per heavy atom. The highest BCUT2D eigenvalue weighted by atomic mass is 16.6. The molecule has 1 heterocycles. The molecule has 2 fully saturated rings. The second-order valence-electron chi connectivity index (χ2n) is 4.22. The number of hydrogen-bond acceptors (Lipinski definition) is 3. The van der Waals surface area contributed by atoms with Gasteiger partial charge in [-0.3, -0.25) is 4.79 Å². The van der Waals surface area contributed by atoms with E-state index in [1.807, 2.05) is 0 Å². The second-order valence-corrected chi connectivity index (χ2v) is 4.22. The number of carbonyl (C=O) groups is 1. The summed E-state index contributed by atoms with van der Waals surface area (Å²) >= 11 is 0. The fraction of sp³-hybridized carbons (Fsp3) is 0.900. The van der Waals surface area contributed by atoms with Crippen molar-refractivity contribution in [3.8, 4) is 0 Å². The number of ether oxygens (including phenoxy) is 2. The van der Waals surface area contributed by atoms with Gasteiger partial charge >= 0.3 is 5.97 Å². The maximum Gasteiger partial charge on any atom is 0.302 e. The van der Waals surface area contributed by atoms with Gasteiger partial charge in [0, 0.05) is 6.92 Å². The van der Waals surface area contributed by atoms with Crippen LogP contribution in [0.5, 0.6) is 0 Å². The van der Waals surface area contributed by atoms with Crippen LogP contribution in [0, 0.1) is 11.8 Å². The Morgan fingerprint density at radius 2 is 2.15 bits per heavy atom. The first-order valence-electron chi connectivity index (χ1n) is 4.95. The summed E-state index contributed by atoms with van der Waals surface area (Å²) in [5, 5.41) is 0. The van der Waals surface area contributed by atoms with Crippen molar-refractivity contribution in [3.63, 3.8) is 0 Å². The summed E-state index contributed by atoms with van der Waals surface area (Å²) in [7, 11) is 0. The quantitative estimate of drug-likeness (QED) is 0.480. The Morgan fingerprint density at radius 3 is 2.85 bits per heavy atom. The highest BCUT2D eigenvalue weighted by Crippen LogP contribution is 2.42. The van der Waals surface area contributed by atoms with E-state index in [0.29, 0.717) is 30.7 Å². The van der Waals surface area contributed by atoms with Crippen molar-refractivity contribution in [2.75, 3.05) is 6.61 Å². The van der Waals surface area contributed by atoms with E-state index >= 15 is 0 Å². The van der Waals surface area contributed by atoms with Crippen LogP contribution in [0.2, 0.25) is 0 Å². The van der Waals surface area contributed by atoms with Crippen LogP contribution in [0.15, 0.2) is 0 Å². The minimum atomic E-state index is -0.175. The Hall–Kier alpha value is -0.570. The molecular weight excluding hydrogens is 168 g/mol. The summed E-state index contributed by atoms with van der Waals surface area (Å²) in [4.78, 5) is 10.6. The van der Waals surface area contributed by atoms with Gasteiger partial charge in [0.05, 0.1) is 18.8 Å². The van der Waals surface area contributed by atoms with E-state index in [1.54, 1.807) is 0 Å². The third-order valence-electron chi connectivity index (χ3n) is 3.13. The van der Waals surface area contributed by atoms with Gasteiger partial charge in [-0.15, -0.1) is 0 Å². The van der Waals surface area contributed by atoms with E-state index in [2.05, 4.69) is 6.92 Å². The SMILES string of the molecule is CC(=O)OC[C@@H]1C[C@@H]2O[C@H]2C[C@H]1C. The topological polar surface area (TPSA) is 38.8 Å². The van der Waals surface area contributed by atoms with Gasteiger partial charge in [0.15, 0.2) is 0 Å². The molecule has 4 atom stereocenters. The summed E-state index contributed by atoms with van der Waals surface area (Å²) in [5.74, 6) is 0.960. The van der Waals surface area contributed by atoms with Crippen molar-refractivity contribution < 1.29 is 14.3 Å². The van der Waals surface area contributed by atoms with Crippen molar-refractivity contribution in [2.45, 2.75) is 38.9 Å². The van der Waals surface area contributed by atoms with Gasteiger partial charge in [-0.05, 0) is 24.7 Å². The Balaban J connectivity index is 1.80. The average molecular weight is 184 g/mol. The monoisotopic (exact) mass is 184 g/mol. The Labute approximate surface area is 78.4 Å². The summed E-state index contributed by atoms with van der Waals surface area (Å²) in [5.41, 5.74) is 0. The molecule has 0 aromatic carbocycles. The minimum Gasteiger partial charge on any atom is -0.466 e. The predicted molar refractivity (Wildman–Crippen MR) is 47.2 cm³/mol. The summed E-state index contributed by atoms with van der Waals surface area (Å²) in [6.07, 6.45) is 3.19. The molecule has 2 aliphatic rings. The van der Waals surface area contributed by atoms with Crippen LogP contribution in [-0.4, -0.2) is 24.8 Å². The number of esters is 1. The summed E-state index contributed by atoms with van der Waals surface area (Å²) in [6, 6.07) is 0. The number of carbonyl (C=O) groups excluding carboxylic acids is 1. The molecule has 1 aliphatic carbocycles. The lowest BCUT2D eigenvalue weighted by Crippen LogP contribution is -2.26. The predicted octanol–water partition coefficient (Wildman–Crippen LogP) is 1.36. The lowest BCUT2D eigenvalue weighted by atomic mass is 9.81. The van der Waals surface area contributed by atoms with E-state index in [-0.39, 0.29) is 5.97 Å². The lowest BCUT2D eigenvalue weighted by molar-refractivity contribution is -0.143. The molecule has 13 heavy (non-hydrogen) atoms. The molecule has 0 aromatic rings. The highest BCUT2D eigenvalue weighted by molar-refractivity contribution is 5.65. The largest absolute Gasteiger partial charge is 0.466 e. The van der Waals surface area contributed by atoms with Crippen molar-refractivity contribution >= 4 is 5.97 Å². The van der Waals surface area contributed by atoms with Crippen LogP contribution in [0.4, 0.5) is 0 Å². The third-order valence-corrected chi connectivity index (χ3v) is 3.13. The van der Waals surface area contributed by atoms with E-state index in [4.69, 9.17) is 9.47 Å².